The number of nitro benzene ring substituents is 1. The molecule has 0 aliphatic carbocycles. The lowest BCUT2D eigenvalue weighted by Gasteiger charge is -2.20. The Morgan fingerprint density at radius 2 is 1.95 bits per heavy atom. The molecule has 0 saturated carbocycles. The van der Waals surface area contributed by atoms with E-state index in [1.54, 1.807) is 0 Å². The van der Waals surface area contributed by atoms with Crippen LogP contribution < -0.4 is 10.4 Å². The third kappa shape index (κ3) is 4.75. The molecule has 7 nitrogen and oxygen atoms in total. The van der Waals surface area contributed by atoms with Crippen molar-refractivity contribution in [1.29, 1.82) is 0 Å². The summed E-state index contributed by atoms with van der Waals surface area (Å²) < 4.78 is 36.6. The maximum Gasteiger partial charge on any atom is 0.471 e. The molecule has 1 rings (SSSR count). The highest BCUT2D eigenvalue weighted by Gasteiger charge is 2.40. The van der Waals surface area contributed by atoms with Gasteiger partial charge in [-0.3, -0.25) is 14.9 Å². The van der Waals surface area contributed by atoms with Crippen molar-refractivity contribution in [3.05, 3.63) is 39.9 Å². The van der Waals surface area contributed by atoms with Crippen LogP contribution in [0.15, 0.2) is 24.3 Å². The lowest BCUT2D eigenvalue weighted by atomic mass is 10.0. The number of halogens is 3. The number of hydrogen-bond acceptors (Lipinski definition) is 5. The lowest BCUT2D eigenvalue weighted by molar-refractivity contribution is -0.385. The Morgan fingerprint density at radius 1 is 1.33 bits per heavy atom. The van der Waals surface area contributed by atoms with Crippen molar-refractivity contribution in [2.24, 2.45) is 0 Å². The molecule has 1 N–H and O–H groups in total. The van der Waals surface area contributed by atoms with Gasteiger partial charge in [0.1, 0.15) is 0 Å². The van der Waals surface area contributed by atoms with E-state index in [2.05, 4.69) is 0 Å². The van der Waals surface area contributed by atoms with E-state index >= 15 is 0 Å². The highest BCUT2D eigenvalue weighted by Crippen LogP contribution is 2.23. The largest absolute Gasteiger partial charge is 0.550 e. The topological polar surface area (TPSA) is 112 Å². The summed E-state index contributed by atoms with van der Waals surface area (Å²) in [7, 11) is 0. The van der Waals surface area contributed by atoms with Crippen LogP contribution in [-0.2, 0) is 9.59 Å². The molecule has 1 aromatic carbocycles. The number of amides is 1. The summed E-state index contributed by atoms with van der Waals surface area (Å²) in [6.45, 7) is 0. The van der Waals surface area contributed by atoms with Gasteiger partial charge in [-0.2, -0.15) is 13.2 Å². The number of carboxylic acids is 1. The van der Waals surface area contributed by atoms with Gasteiger partial charge in [0.25, 0.3) is 5.69 Å². The van der Waals surface area contributed by atoms with E-state index in [9.17, 15) is 38.0 Å². The molecule has 0 unspecified atom stereocenters. The predicted octanol–water partition coefficient (Wildman–Crippen LogP) is 0.454. The van der Waals surface area contributed by atoms with Gasteiger partial charge in [-0.05, 0) is 5.56 Å². The van der Waals surface area contributed by atoms with Crippen LogP contribution in [0.1, 0.15) is 18.0 Å². The lowest BCUT2D eigenvalue weighted by Crippen LogP contribution is -2.41. The second kappa shape index (κ2) is 6.20. The van der Waals surface area contributed by atoms with Crippen LogP contribution in [0.25, 0.3) is 0 Å². The first-order chi connectivity index (χ1) is 9.61. The molecule has 0 saturated heterocycles. The van der Waals surface area contributed by atoms with Crippen molar-refractivity contribution in [1.82, 2.24) is 5.32 Å². The molecule has 0 spiro atoms. The van der Waals surface area contributed by atoms with Gasteiger partial charge in [0, 0.05) is 24.5 Å². The van der Waals surface area contributed by atoms with Gasteiger partial charge in [0.15, 0.2) is 0 Å². The minimum absolute atomic E-state index is 0.147. The molecule has 0 aliphatic rings. The molecule has 0 aromatic heterocycles. The third-order valence-electron chi connectivity index (χ3n) is 2.42. The monoisotopic (exact) mass is 305 g/mol. The predicted molar refractivity (Wildman–Crippen MR) is 59.7 cm³/mol. The third-order valence-corrected chi connectivity index (χ3v) is 2.42. The molecule has 1 atom stereocenters. The highest BCUT2D eigenvalue weighted by atomic mass is 19.4. The highest BCUT2D eigenvalue weighted by molar-refractivity contribution is 5.82. The SMILES string of the molecule is O=C([O-])C[C@H](NC(=O)C(F)(F)F)c1cccc([N+](=O)[O-])c1. The Labute approximate surface area is 115 Å². The van der Waals surface area contributed by atoms with Gasteiger partial charge in [-0.15, -0.1) is 0 Å². The Morgan fingerprint density at radius 3 is 2.43 bits per heavy atom. The number of nitrogens with one attached hydrogen (secondary N) is 1. The Kier molecular flexibility index (Phi) is 4.84. The zero-order chi connectivity index (χ0) is 16.2. The van der Waals surface area contributed by atoms with Gasteiger partial charge < -0.3 is 15.2 Å². The summed E-state index contributed by atoms with van der Waals surface area (Å²) in [5, 5.41) is 22.6. The summed E-state index contributed by atoms with van der Waals surface area (Å²) >= 11 is 0. The molecule has 0 bridgehead atoms. The minimum Gasteiger partial charge on any atom is -0.550 e. The summed E-state index contributed by atoms with van der Waals surface area (Å²) in [4.78, 5) is 31.2. The molecule has 0 fully saturated rings. The van der Waals surface area contributed by atoms with Crippen LogP contribution in [0.5, 0.6) is 0 Å². The van der Waals surface area contributed by atoms with Crippen LogP contribution >= 0.6 is 0 Å². The summed E-state index contributed by atoms with van der Waals surface area (Å²) in [5.74, 6) is -4.06. The number of hydrogen-bond donors (Lipinski definition) is 1. The molecule has 10 heteroatoms. The van der Waals surface area contributed by atoms with Crippen molar-refractivity contribution in [3.63, 3.8) is 0 Å². The normalized spacial score (nSPS) is 12.5. The number of non-ortho nitro benzene ring substituents is 1. The van der Waals surface area contributed by atoms with E-state index in [1.165, 1.54) is 5.32 Å². The zero-order valence-corrected chi connectivity index (χ0v) is 10.2. The molecular formula is C11H8F3N2O5-. The fourth-order valence-electron chi connectivity index (χ4n) is 1.51. The van der Waals surface area contributed by atoms with Gasteiger partial charge in [0.2, 0.25) is 0 Å². The smallest absolute Gasteiger partial charge is 0.471 e. The molecule has 0 radical (unpaired) electrons. The van der Waals surface area contributed by atoms with E-state index in [4.69, 9.17) is 0 Å². The van der Waals surface area contributed by atoms with E-state index in [1.807, 2.05) is 0 Å². The number of alkyl halides is 3. The fraction of sp³-hybridized carbons (Fsp3) is 0.273. The quantitative estimate of drug-likeness (QED) is 0.627. The number of carbonyl (C=O) groups excluding carboxylic acids is 2. The molecule has 0 heterocycles. The van der Waals surface area contributed by atoms with E-state index in [0.29, 0.717) is 0 Å². The van der Waals surface area contributed by atoms with Gasteiger partial charge >= 0.3 is 12.1 Å². The number of rotatable bonds is 5. The molecule has 0 aliphatic heterocycles. The van der Waals surface area contributed by atoms with Gasteiger partial charge in [-0.25, -0.2) is 0 Å². The first-order valence-electron chi connectivity index (χ1n) is 5.43. The first kappa shape index (κ1) is 16.4. The fourth-order valence-corrected chi connectivity index (χ4v) is 1.51. The maximum absolute atomic E-state index is 12.2. The average Bonchev–Trinajstić information content (AvgIpc) is 2.36. The number of aliphatic carboxylic acids is 1. The minimum atomic E-state index is -5.20. The van der Waals surface area contributed by atoms with Gasteiger partial charge in [0.05, 0.1) is 11.0 Å². The second-order valence-electron chi connectivity index (χ2n) is 3.95. The molecule has 21 heavy (non-hydrogen) atoms. The number of nitro groups is 1. The summed E-state index contributed by atoms with van der Waals surface area (Å²) in [5.41, 5.74) is -0.594. The molecule has 114 valence electrons. The number of nitrogens with zero attached hydrogens (tertiary/aromatic N) is 1. The van der Waals surface area contributed by atoms with Crippen LogP contribution in [0, 0.1) is 10.1 Å². The Hall–Kier alpha value is -2.65. The number of carboxylic acid groups (broad SMARTS) is 1. The van der Waals surface area contributed by atoms with Crippen LogP contribution in [0.2, 0.25) is 0 Å². The second-order valence-corrected chi connectivity index (χ2v) is 3.95. The van der Waals surface area contributed by atoms with Crippen molar-refractivity contribution in [2.75, 3.05) is 0 Å². The molecule has 1 aromatic rings. The molecule has 1 amide bonds. The average molecular weight is 305 g/mol. The Balaban J connectivity index is 3.08. The van der Waals surface area contributed by atoms with Crippen molar-refractivity contribution >= 4 is 17.6 Å². The van der Waals surface area contributed by atoms with Crippen molar-refractivity contribution in [3.8, 4) is 0 Å². The van der Waals surface area contributed by atoms with E-state index < -0.39 is 41.1 Å². The summed E-state index contributed by atoms with van der Waals surface area (Å²) in [6, 6.07) is 2.69. The van der Waals surface area contributed by atoms with Crippen LogP contribution in [0.3, 0.4) is 0 Å². The van der Waals surface area contributed by atoms with Crippen LogP contribution in [0.4, 0.5) is 18.9 Å². The standard InChI is InChI=1S/C11H9F3N2O5/c12-11(13,14)10(19)15-8(5-9(17)18)6-2-1-3-7(4-6)16(20)21/h1-4,8H,5H2,(H,15,19)(H,17,18)/p-1/t8-/m0/s1. The number of carbonyl (C=O) groups is 2. The Bertz CT molecular complexity index is 573. The maximum atomic E-state index is 12.2. The van der Waals surface area contributed by atoms with Crippen molar-refractivity contribution in [2.45, 2.75) is 18.6 Å². The molecular weight excluding hydrogens is 297 g/mol. The zero-order valence-electron chi connectivity index (χ0n) is 10.2. The van der Waals surface area contributed by atoms with E-state index in [0.717, 1.165) is 24.3 Å². The summed E-state index contributed by atoms with van der Waals surface area (Å²) in [6.07, 6.45) is -6.16. The first-order valence-corrected chi connectivity index (χ1v) is 5.43. The van der Waals surface area contributed by atoms with E-state index in [-0.39, 0.29) is 5.56 Å². The number of benzene rings is 1. The van der Waals surface area contributed by atoms with Crippen molar-refractivity contribution < 1.29 is 32.8 Å². The van der Waals surface area contributed by atoms with Crippen LogP contribution in [-0.4, -0.2) is 23.0 Å². The van der Waals surface area contributed by atoms with Gasteiger partial charge in [-0.1, -0.05) is 12.1 Å².